The Labute approximate surface area is 309 Å². The summed E-state index contributed by atoms with van der Waals surface area (Å²) in [5, 5.41) is -17.4. The van der Waals surface area contributed by atoms with Crippen LogP contribution in [0.15, 0.2) is 0 Å². The SMILES string of the molecule is O=C1CCC(=O)N1OS(=O)(=O)C(F)(F)C(F)(F)C(F)(F)C(F)(F)C(F)(F)C(F)(F)C(F)(F)C(F)(F)F.O=C1CCC(=O)N1OS(=O)(=O)C(F)(F)C(F)(F)C(F)(F)C(F)(F)F. The normalized spacial score (nSPS) is 18.4. The van der Waals surface area contributed by atoms with E-state index in [9.17, 15) is 150 Å². The molecule has 12 nitrogen and oxygen atoms in total. The molecule has 0 spiro atoms. The van der Waals surface area contributed by atoms with Crippen molar-refractivity contribution in [2.24, 2.45) is 0 Å². The molecule has 0 aromatic carbocycles. The second kappa shape index (κ2) is 15.0. The van der Waals surface area contributed by atoms with Gasteiger partial charge < -0.3 is 0 Å². The molecule has 0 aliphatic carbocycles. The molecule has 2 aliphatic rings. The Balaban J connectivity index is 0.000000650. The molecule has 0 radical (unpaired) electrons. The highest BCUT2D eigenvalue weighted by Gasteiger charge is 2.96. The minimum Gasteiger partial charge on any atom is -0.272 e. The van der Waals surface area contributed by atoms with Gasteiger partial charge in [-0.05, 0) is 0 Å². The lowest BCUT2D eigenvalue weighted by Crippen LogP contribution is -2.75. The number of nitrogens with zero attached hydrogens (tertiary/aromatic N) is 2. The molecule has 2 saturated heterocycles. The maximum Gasteiger partial charge on any atom is 0.460 e. The third-order valence-electron chi connectivity index (χ3n) is 6.79. The average Bonchev–Trinajstić information content (AvgIpc) is 3.52. The minimum absolute atomic E-state index is 0.783. The van der Waals surface area contributed by atoms with E-state index in [1.165, 1.54) is 0 Å². The predicted octanol–water partition coefficient (Wildman–Crippen LogP) is 6.19. The Morgan fingerprint density at radius 3 is 0.700 bits per heavy atom. The van der Waals surface area contributed by atoms with Crippen molar-refractivity contribution in [2.45, 2.75) is 95.9 Å². The fourth-order valence-corrected chi connectivity index (χ4v) is 5.19. The van der Waals surface area contributed by atoms with E-state index in [4.69, 9.17) is 0 Å². The molecule has 40 heteroatoms. The number of rotatable bonds is 14. The first-order valence-corrected chi connectivity index (χ1v) is 16.1. The van der Waals surface area contributed by atoms with Crippen molar-refractivity contribution in [1.82, 2.24) is 10.1 Å². The van der Waals surface area contributed by atoms with E-state index in [0.29, 0.717) is 0 Å². The molecule has 0 saturated carbocycles. The Bertz CT molecular complexity index is 1910. The quantitative estimate of drug-likeness (QED) is 0.145. The molecule has 4 amide bonds. The van der Waals surface area contributed by atoms with E-state index >= 15 is 0 Å². The molecule has 60 heavy (non-hydrogen) atoms. The van der Waals surface area contributed by atoms with Crippen LogP contribution in [0.1, 0.15) is 25.7 Å². The maximum absolute atomic E-state index is 13.7. The number of halogens is 26. The Morgan fingerprint density at radius 1 is 0.317 bits per heavy atom. The van der Waals surface area contributed by atoms with Crippen molar-refractivity contribution in [3.8, 4) is 0 Å². The van der Waals surface area contributed by atoms with Crippen molar-refractivity contribution in [2.75, 3.05) is 0 Å². The molecule has 352 valence electrons. The van der Waals surface area contributed by atoms with Crippen molar-refractivity contribution >= 4 is 43.9 Å². The van der Waals surface area contributed by atoms with Crippen LogP contribution in [0.2, 0.25) is 0 Å². The van der Waals surface area contributed by atoms with E-state index in [1.54, 1.807) is 0 Å². The number of hydroxylamine groups is 4. The number of alkyl halides is 26. The summed E-state index contributed by atoms with van der Waals surface area (Å²) in [6.07, 6.45) is -18.9. The summed E-state index contributed by atoms with van der Waals surface area (Å²) < 4.78 is 387. The first-order chi connectivity index (χ1) is 25.8. The second-order valence-electron chi connectivity index (χ2n) is 10.8. The molecule has 0 bridgehead atoms. The van der Waals surface area contributed by atoms with E-state index in [1.807, 2.05) is 0 Å². The Morgan fingerprint density at radius 2 is 0.483 bits per heavy atom. The summed E-state index contributed by atoms with van der Waals surface area (Å²) in [6.45, 7) is 0. The van der Waals surface area contributed by atoms with Crippen LogP contribution in [-0.4, -0.2) is 121 Å². The zero-order chi connectivity index (χ0) is 48.7. The topological polar surface area (TPSA) is 161 Å². The highest BCUT2D eigenvalue weighted by molar-refractivity contribution is 7.88. The number of hydrogen-bond acceptors (Lipinski definition) is 10. The highest BCUT2D eigenvalue weighted by atomic mass is 32.2. The molecule has 0 atom stereocenters. The lowest BCUT2D eigenvalue weighted by Gasteiger charge is -2.42. The van der Waals surface area contributed by atoms with E-state index in [0.717, 1.165) is 0 Å². The molecule has 0 aromatic rings. The van der Waals surface area contributed by atoms with Crippen molar-refractivity contribution < 1.29 is 159 Å². The van der Waals surface area contributed by atoms with Crippen LogP contribution < -0.4 is 0 Å². The number of carbonyl (C=O) groups is 4. The van der Waals surface area contributed by atoms with E-state index in [-0.39, 0.29) is 0 Å². The molecule has 2 aliphatic heterocycles. The van der Waals surface area contributed by atoms with E-state index in [2.05, 4.69) is 8.57 Å². The van der Waals surface area contributed by atoms with Gasteiger partial charge in [0.15, 0.2) is 0 Å². The van der Waals surface area contributed by atoms with Gasteiger partial charge in [-0.25, -0.2) is 0 Å². The summed E-state index contributed by atoms with van der Waals surface area (Å²) >= 11 is 0. The monoisotopic (exact) mass is 994 g/mol. The summed E-state index contributed by atoms with van der Waals surface area (Å²) in [4.78, 5) is 44.1. The smallest absolute Gasteiger partial charge is 0.272 e. The van der Waals surface area contributed by atoms with Crippen LogP contribution >= 0.6 is 0 Å². The molecule has 0 unspecified atom stereocenters. The standard InChI is InChI=1S/C12H4F17NO5S.C8H4F9NO5S/c13-5(14,7(17,18)9(21,22)11(25,26)27)6(15,16)8(19,20)10(23,24)12(28,29)36(33,34)35-30-3(31)1-2-4(30)32;9-5(10,7(13,14)15)6(11,12)8(16,17)24(21,22)23-18-3(19)1-2-4(18)20/h1-2H2;1-2H2. The lowest BCUT2D eigenvalue weighted by molar-refractivity contribution is -0.458. The molecular weight excluding hydrogens is 986 g/mol. The van der Waals surface area contributed by atoms with Gasteiger partial charge in [0, 0.05) is 25.7 Å². The second-order valence-corrected chi connectivity index (χ2v) is 14.0. The van der Waals surface area contributed by atoms with Crippen LogP contribution in [0.5, 0.6) is 0 Å². The molecule has 2 rings (SSSR count). The van der Waals surface area contributed by atoms with Crippen LogP contribution in [-0.2, 0) is 48.0 Å². The van der Waals surface area contributed by atoms with Crippen LogP contribution in [0.3, 0.4) is 0 Å². The lowest BCUT2D eigenvalue weighted by atomic mass is 9.91. The van der Waals surface area contributed by atoms with Gasteiger partial charge in [-0.2, -0.15) is 131 Å². The van der Waals surface area contributed by atoms with Gasteiger partial charge in [0.1, 0.15) is 0 Å². The summed E-state index contributed by atoms with van der Waals surface area (Å²) in [5.41, 5.74) is 0. The largest absolute Gasteiger partial charge is 0.460 e. The van der Waals surface area contributed by atoms with Gasteiger partial charge in [-0.1, -0.05) is 0 Å². The number of amides is 4. The third kappa shape index (κ3) is 7.83. The molecular formula is C20H8F26N2O10S2. The summed E-state index contributed by atoms with van der Waals surface area (Å²) in [7, 11) is -15.3. The van der Waals surface area contributed by atoms with Gasteiger partial charge >= 0.3 is 90.5 Å². The van der Waals surface area contributed by atoms with E-state index < -0.39 is 150 Å². The van der Waals surface area contributed by atoms with Crippen molar-refractivity contribution in [3.05, 3.63) is 0 Å². The highest BCUT2D eigenvalue weighted by Crippen LogP contribution is 2.64. The predicted molar refractivity (Wildman–Crippen MR) is 124 cm³/mol. The number of hydrogen-bond donors (Lipinski definition) is 0. The van der Waals surface area contributed by atoms with Gasteiger partial charge in [0.25, 0.3) is 23.6 Å². The Kier molecular flexibility index (Phi) is 13.6. The molecule has 2 heterocycles. The van der Waals surface area contributed by atoms with Crippen LogP contribution in [0.25, 0.3) is 0 Å². The van der Waals surface area contributed by atoms with Crippen LogP contribution in [0, 0.1) is 0 Å². The zero-order valence-corrected chi connectivity index (χ0v) is 28.1. The minimum atomic E-state index is -9.00. The summed E-state index contributed by atoms with van der Waals surface area (Å²) in [5.74, 6) is -74.7. The van der Waals surface area contributed by atoms with Crippen molar-refractivity contribution in [1.29, 1.82) is 0 Å². The van der Waals surface area contributed by atoms with Gasteiger partial charge in [0.2, 0.25) is 0 Å². The molecule has 0 aromatic heterocycles. The summed E-state index contributed by atoms with van der Waals surface area (Å²) in [6, 6.07) is 0. The number of imide groups is 2. The average molecular weight is 994 g/mol. The first kappa shape index (κ1) is 54.3. The maximum atomic E-state index is 13.7. The first-order valence-electron chi connectivity index (χ1n) is 13.3. The van der Waals surface area contributed by atoms with Gasteiger partial charge in [-0.15, -0.1) is 18.7 Å². The third-order valence-corrected chi connectivity index (χ3v) is 9.25. The number of carbonyl (C=O) groups excluding carboxylic acids is 4. The zero-order valence-electron chi connectivity index (χ0n) is 26.4. The fraction of sp³-hybridized carbons (Fsp3) is 0.800. The fourth-order valence-electron chi connectivity index (χ4n) is 3.39. The van der Waals surface area contributed by atoms with Gasteiger partial charge in [0.05, 0.1) is 0 Å². The van der Waals surface area contributed by atoms with Crippen LogP contribution in [0.4, 0.5) is 114 Å². The molecule has 0 N–H and O–H groups in total. The van der Waals surface area contributed by atoms with Gasteiger partial charge in [-0.3, -0.25) is 19.2 Å². The Hall–Kier alpha value is -3.72. The molecule has 2 fully saturated rings. The van der Waals surface area contributed by atoms with Crippen molar-refractivity contribution in [3.63, 3.8) is 0 Å².